The highest BCUT2D eigenvalue weighted by molar-refractivity contribution is 5.22. The van der Waals surface area contributed by atoms with Gasteiger partial charge in [0.15, 0.2) is 0 Å². The van der Waals surface area contributed by atoms with Gasteiger partial charge in [-0.05, 0) is 57.3 Å². The van der Waals surface area contributed by atoms with Gasteiger partial charge in [0.2, 0.25) is 0 Å². The van der Waals surface area contributed by atoms with Crippen molar-refractivity contribution in [3.8, 4) is 0 Å². The third-order valence-electron chi connectivity index (χ3n) is 4.67. The molecule has 0 bridgehead atoms. The fourth-order valence-corrected chi connectivity index (χ4v) is 3.21. The molecule has 2 heteroatoms. The quantitative estimate of drug-likeness (QED) is 0.672. The van der Waals surface area contributed by atoms with Crippen LogP contribution in [0.4, 0.5) is 0 Å². The highest BCUT2D eigenvalue weighted by Crippen LogP contribution is 2.50. The Morgan fingerprint density at radius 3 is 2.56 bits per heavy atom. The molecule has 0 saturated heterocycles. The lowest BCUT2D eigenvalue weighted by Gasteiger charge is -2.46. The lowest BCUT2D eigenvalue weighted by atomic mass is 9.61. The van der Waals surface area contributed by atoms with Crippen LogP contribution < -0.4 is 0 Å². The summed E-state index contributed by atoms with van der Waals surface area (Å²) >= 11 is 0. The van der Waals surface area contributed by atoms with E-state index in [-0.39, 0.29) is 6.10 Å². The van der Waals surface area contributed by atoms with Crippen molar-refractivity contribution in [2.45, 2.75) is 64.6 Å². The number of hydrogen-bond acceptors (Lipinski definition) is 2. The molecule has 0 aliphatic heterocycles. The lowest BCUT2D eigenvalue weighted by Crippen LogP contribution is -2.40. The van der Waals surface area contributed by atoms with Gasteiger partial charge < -0.3 is 10.2 Å². The average Bonchev–Trinajstić information content (AvgIpc) is 2.16. The topological polar surface area (TPSA) is 40.5 Å². The minimum absolute atomic E-state index is 0.261. The van der Waals surface area contributed by atoms with E-state index in [0.717, 1.165) is 32.1 Å². The molecule has 2 aliphatic rings. The van der Waals surface area contributed by atoms with Crippen molar-refractivity contribution >= 4 is 0 Å². The largest absolute Gasteiger partial charge is 0.390 e. The van der Waals surface area contributed by atoms with E-state index in [0.29, 0.717) is 11.3 Å². The SMILES string of the molecule is CC12CCC(O)C=C1C[C@H](C(C)(C)O)CC2. The molecule has 2 aliphatic carbocycles. The van der Waals surface area contributed by atoms with E-state index in [1.54, 1.807) is 0 Å². The normalized spacial score (nSPS) is 40.2. The monoisotopic (exact) mass is 224 g/mol. The van der Waals surface area contributed by atoms with Crippen LogP contribution in [0.15, 0.2) is 11.6 Å². The summed E-state index contributed by atoms with van der Waals surface area (Å²) < 4.78 is 0. The van der Waals surface area contributed by atoms with Crippen molar-refractivity contribution in [1.82, 2.24) is 0 Å². The maximum absolute atomic E-state index is 10.1. The second-order valence-corrected chi connectivity index (χ2v) is 6.45. The fourth-order valence-electron chi connectivity index (χ4n) is 3.21. The summed E-state index contributed by atoms with van der Waals surface area (Å²) in [6.45, 7) is 6.12. The first-order chi connectivity index (χ1) is 7.31. The molecule has 0 aromatic heterocycles. The molecule has 2 nitrogen and oxygen atoms in total. The molecule has 0 radical (unpaired) electrons. The molecule has 92 valence electrons. The number of fused-ring (bicyclic) bond motifs is 1. The maximum atomic E-state index is 10.1. The van der Waals surface area contributed by atoms with Gasteiger partial charge in [0.25, 0.3) is 0 Å². The zero-order chi connectivity index (χ0) is 12.0. The van der Waals surface area contributed by atoms with Crippen LogP contribution in [0.2, 0.25) is 0 Å². The first kappa shape index (κ1) is 12.1. The van der Waals surface area contributed by atoms with Crippen LogP contribution in [0, 0.1) is 11.3 Å². The van der Waals surface area contributed by atoms with Gasteiger partial charge in [0, 0.05) is 0 Å². The third-order valence-corrected chi connectivity index (χ3v) is 4.67. The molecule has 3 atom stereocenters. The summed E-state index contributed by atoms with van der Waals surface area (Å²) in [6, 6.07) is 0. The smallest absolute Gasteiger partial charge is 0.0724 e. The predicted octanol–water partition coefficient (Wildman–Crippen LogP) is 2.64. The molecule has 1 saturated carbocycles. The zero-order valence-electron chi connectivity index (χ0n) is 10.7. The van der Waals surface area contributed by atoms with Crippen LogP contribution in [-0.4, -0.2) is 21.9 Å². The summed E-state index contributed by atoms with van der Waals surface area (Å²) in [5.74, 6) is 0.345. The number of aliphatic hydroxyl groups excluding tert-OH is 1. The van der Waals surface area contributed by atoms with Crippen molar-refractivity contribution < 1.29 is 10.2 Å². The molecule has 1 fully saturated rings. The summed E-state index contributed by atoms with van der Waals surface area (Å²) in [5, 5.41) is 19.8. The molecule has 2 rings (SSSR count). The Morgan fingerprint density at radius 1 is 1.31 bits per heavy atom. The van der Waals surface area contributed by atoms with E-state index in [1.165, 1.54) is 5.57 Å². The van der Waals surface area contributed by atoms with Crippen molar-refractivity contribution in [1.29, 1.82) is 0 Å². The number of aliphatic hydroxyl groups is 2. The fraction of sp³-hybridized carbons (Fsp3) is 0.857. The van der Waals surface area contributed by atoms with Gasteiger partial charge in [-0.2, -0.15) is 0 Å². The van der Waals surface area contributed by atoms with Gasteiger partial charge in [0.1, 0.15) is 0 Å². The van der Waals surface area contributed by atoms with E-state index in [2.05, 4.69) is 6.92 Å². The van der Waals surface area contributed by atoms with Crippen LogP contribution in [0.25, 0.3) is 0 Å². The second-order valence-electron chi connectivity index (χ2n) is 6.45. The molecule has 0 heterocycles. The highest BCUT2D eigenvalue weighted by Gasteiger charge is 2.41. The summed E-state index contributed by atoms with van der Waals surface area (Å²) in [4.78, 5) is 0. The van der Waals surface area contributed by atoms with E-state index in [4.69, 9.17) is 0 Å². The van der Waals surface area contributed by atoms with Gasteiger partial charge in [-0.3, -0.25) is 0 Å². The summed E-state index contributed by atoms with van der Waals surface area (Å²) in [7, 11) is 0. The van der Waals surface area contributed by atoms with Crippen LogP contribution in [0.1, 0.15) is 52.9 Å². The molecule has 0 spiro atoms. The molecule has 2 N–H and O–H groups in total. The summed E-state index contributed by atoms with van der Waals surface area (Å²) in [5.41, 5.74) is 1.08. The van der Waals surface area contributed by atoms with Gasteiger partial charge in [-0.1, -0.05) is 18.6 Å². The minimum atomic E-state index is -0.593. The van der Waals surface area contributed by atoms with Gasteiger partial charge in [0.05, 0.1) is 11.7 Å². The first-order valence-corrected chi connectivity index (χ1v) is 6.43. The molecule has 2 unspecified atom stereocenters. The van der Waals surface area contributed by atoms with Crippen LogP contribution >= 0.6 is 0 Å². The Labute approximate surface area is 98.4 Å². The number of allylic oxidation sites excluding steroid dienone is 1. The Hall–Kier alpha value is -0.340. The van der Waals surface area contributed by atoms with Crippen LogP contribution in [-0.2, 0) is 0 Å². The van der Waals surface area contributed by atoms with Gasteiger partial charge in [-0.25, -0.2) is 0 Å². The predicted molar refractivity (Wildman–Crippen MR) is 65.1 cm³/mol. The van der Waals surface area contributed by atoms with Crippen LogP contribution in [0.3, 0.4) is 0 Å². The van der Waals surface area contributed by atoms with Crippen molar-refractivity contribution in [2.75, 3.05) is 0 Å². The highest BCUT2D eigenvalue weighted by atomic mass is 16.3. The van der Waals surface area contributed by atoms with Gasteiger partial charge >= 0.3 is 0 Å². The molecule has 0 aromatic carbocycles. The Kier molecular flexibility index (Phi) is 2.92. The maximum Gasteiger partial charge on any atom is 0.0724 e. The standard InChI is InChI=1S/C14H24O2/c1-13(2,16)10-4-6-14(3)7-5-12(15)9-11(14)8-10/h9-10,12,15-16H,4-8H2,1-3H3/t10-,12?,14?/m1/s1. The van der Waals surface area contributed by atoms with Crippen molar-refractivity contribution in [3.05, 3.63) is 11.6 Å². The number of rotatable bonds is 1. The Bertz CT molecular complexity index is 300. The van der Waals surface area contributed by atoms with Crippen molar-refractivity contribution in [2.24, 2.45) is 11.3 Å². The van der Waals surface area contributed by atoms with Crippen LogP contribution in [0.5, 0.6) is 0 Å². The Balaban J connectivity index is 2.19. The second kappa shape index (κ2) is 3.85. The van der Waals surface area contributed by atoms with E-state index < -0.39 is 5.60 Å². The minimum Gasteiger partial charge on any atom is -0.390 e. The average molecular weight is 224 g/mol. The number of hydrogen-bond donors (Lipinski definition) is 2. The molecule has 16 heavy (non-hydrogen) atoms. The van der Waals surface area contributed by atoms with E-state index in [9.17, 15) is 10.2 Å². The molecule has 0 aromatic rings. The zero-order valence-corrected chi connectivity index (χ0v) is 10.7. The Morgan fingerprint density at radius 2 is 1.94 bits per heavy atom. The third kappa shape index (κ3) is 2.18. The molecular formula is C14H24O2. The van der Waals surface area contributed by atoms with Crippen molar-refractivity contribution in [3.63, 3.8) is 0 Å². The lowest BCUT2D eigenvalue weighted by molar-refractivity contribution is -0.00640. The van der Waals surface area contributed by atoms with Gasteiger partial charge in [-0.15, -0.1) is 0 Å². The van der Waals surface area contributed by atoms with E-state index in [1.807, 2.05) is 19.9 Å². The first-order valence-electron chi connectivity index (χ1n) is 6.43. The molecule has 0 amide bonds. The summed E-state index contributed by atoms with van der Waals surface area (Å²) in [6.07, 6.45) is 6.99. The van der Waals surface area contributed by atoms with E-state index >= 15 is 0 Å². The molecular weight excluding hydrogens is 200 g/mol.